The number of hydrogen-bond acceptors (Lipinski definition) is 8. The molecule has 0 rings (SSSR count). The Kier molecular flexibility index (Phi) is 13.8. The van der Waals surface area contributed by atoms with Gasteiger partial charge in [-0.05, 0) is 31.7 Å². The fraction of sp³-hybridized carbons (Fsp3) is 0.737. The van der Waals surface area contributed by atoms with E-state index < -0.39 is 66.8 Å². The molecule has 0 spiro atoms. The molecule has 0 aliphatic carbocycles. The van der Waals surface area contributed by atoms with Gasteiger partial charge in [0.05, 0.1) is 19.1 Å². The van der Waals surface area contributed by atoms with Crippen molar-refractivity contribution in [2.45, 2.75) is 70.1 Å². The molecule has 5 unspecified atom stereocenters. The van der Waals surface area contributed by atoms with Gasteiger partial charge in [0.25, 0.3) is 0 Å². The molecule has 0 aliphatic rings. The number of carboxylic acids is 1. The predicted octanol–water partition coefficient (Wildman–Crippen LogP) is -3.10. The summed E-state index contributed by atoms with van der Waals surface area (Å²) in [4.78, 5) is 59.9. The van der Waals surface area contributed by atoms with Crippen LogP contribution in [-0.4, -0.2) is 77.1 Å². The number of aliphatic carboxylic acids is 1. The molecule has 4 amide bonds. The fourth-order valence-corrected chi connectivity index (χ4v) is 2.75. The number of carboxylic acid groups (broad SMARTS) is 1. The van der Waals surface area contributed by atoms with Crippen LogP contribution in [0.4, 0.5) is 0 Å². The Morgan fingerprint density at radius 2 is 1.53 bits per heavy atom. The van der Waals surface area contributed by atoms with Crippen molar-refractivity contribution in [1.82, 2.24) is 16.0 Å². The summed E-state index contributed by atoms with van der Waals surface area (Å²) in [6.07, 6.45) is 1.34. The molecule has 0 fully saturated rings. The normalized spacial score (nSPS) is 15.5. The van der Waals surface area contributed by atoms with Gasteiger partial charge in [-0.25, -0.2) is 4.79 Å². The van der Waals surface area contributed by atoms with Crippen molar-refractivity contribution in [1.29, 1.82) is 0 Å². The number of carbonyl (C=O) groups excluding carboxylic acids is 4. The molecular weight excluding hydrogens is 424 g/mol. The molecule has 0 saturated heterocycles. The Hall–Kier alpha value is -2.77. The van der Waals surface area contributed by atoms with Gasteiger partial charge in [-0.1, -0.05) is 20.3 Å². The second kappa shape index (κ2) is 15.1. The number of primary amides is 1. The zero-order chi connectivity index (χ0) is 24.8. The maximum atomic E-state index is 12.9. The lowest BCUT2D eigenvalue weighted by atomic mass is 9.97. The Morgan fingerprint density at radius 3 is 2.00 bits per heavy atom. The Morgan fingerprint density at radius 1 is 0.938 bits per heavy atom. The molecular formula is C19H36N6O7. The van der Waals surface area contributed by atoms with Crippen LogP contribution in [0.5, 0.6) is 0 Å². The average Bonchev–Trinajstić information content (AvgIpc) is 2.73. The lowest BCUT2D eigenvalue weighted by Crippen LogP contribution is -2.59. The van der Waals surface area contributed by atoms with E-state index in [-0.39, 0.29) is 12.3 Å². The van der Waals surface area contributed by atoms with Crippen LogP contribution >= 0.6 is 0 Å². The number of nitrogens with one attached hydrogen (secondary N) is 3. The van der Waals surface area contributed by atoms with Crippen molar-refractivity contribution in [2.75, 3.05) is 13.2 Å². The van der Waals surface area contributed by atoms with Gasteiger partial charge in [0.15, 0.2) is 0 Å². The van der Waals surface area contributed by atoms with Crippen LogP contribution in [0.3, 0.4) is 0 Å². The Balaban J connectivity index is 5.48. The van der Waals surface area contributed by atoms with Crippen molar-refractivity contribution in [3.05, 3.63) is 0 Å². The zero-order valence-corrected chi connectivity index (χ0v) is 18.5. The number of aliphatic hydroxyl groups is 1. The van der Waals surface area contributed by atoms with E-state index in [0.717, 1.165) is 0 Å². The lowest BCUT2D eigenvalue weighted by Gasteiger charge is -2.28. The highest BCUT2D eigenvalue weighted by Crippen LogP contribution is 2.10. The summed E-state index contributed by atoms with van der Waals surface area (Å²) < 4.78 is 0. The van der Waals surface area contributed by atoms with E-state index in [2.05, 4.69) is 16.0 Å². The minimum atomic E-state index is -1.53. The van der Waals surface area contributed by atoms with Crippen LogP contribution in [0.25, 0.3) is 0 Å². The van der Waals surface area contributed by atoms with Gasteiger partial charge in [0, 0.05) is 0 Å². The summed E-state index contributed by atoms with van der Waals surface area (Å²) in [6, 6.07) is -4.96. The van der Waals surface area contributed by atoms with Crippen LogP contribution in [0.15, 0.2) is 0 Å². The second-order valence-electron chi connectivity index (χ2n) is 7.58. The van der Waals surface area contributed by atoms with Crippen LogP contribution < -0.4 is 33.2 Å². The van der Waals surface area contributed by atoms with Gasteiger partial charge in [-0.2, -0.15) is 0 Å². The van der Waals surface area contributed by atoms with Crippen LogP contribution in [0.1, 0.15) is 46.0 Å². The first kappa shape index (κ1) is 29.2. The van der Waals surface area contributed by atoms with E-state index in [1.165, 1.54) is 0 Å². The van der Waals surface area contributed by atoms with Crippen molar-refractivity contribution >= 4 is 29.6 Å². The number of nitrogens with two attached hydrogens (primary N) is 3. The lowest BCUT2D eigenvalue weighted by molar-refractivity contribution is -0.143. The topological polar surface area (TPSA) is 240 Å². The van der Waals surface area contributed by atoms with Crippen molar-refractivity contribution in [2.24, 2.45) is 23.1 Å². The first-order chi connectivity index (χ1) is 15.0. The minimum Gasteiger partial charge on any atom is -0.480 e. The highest BCUT2D eigenvalue weighted by molar-refractivity contribution is 5.95. The van der Waals surface area contributed by atoms with Crippen molar-refractivity contribution in [3.63, 3.8) is 0 Å². The standard InChI is InChI=1S/C19H36N6O7/c1-3-10(2)15(18(30)24-13(9-26)19(31)32)25-17(29)12(6-4-5-7-20)23-16(28)11(21)8-14(22)27/h10-13,15,26H,3-9,20-21H2,1-2H3,(H2,22,27)(H,23,28)(H,24,30)(H,25,29)(H,31,32). The average molecular weight is 461 g/mol. The highest BCUT2D eigenvalue weighted by atomic mass is 16.4. The molecule has 0 aliphatic heterocycles. The van der Waals surface area contributed by atoms with Crippen LogP contribution in [0, 0.1) is 5.92 Å². The largest absolute Gasteiger partial charge is 0.480 e. The molecule has 0 aromatic rings. The molecule has 0 saturated carbocycles. The van der Waals surface area contributed by atoms with Gasteiger partial charge in [-0.15, -0.1) is 0 Å². The third-order valence-corrected chi connectivity index (χ3v) is 4.93. The first-order valence-electron chi connectivity index (χ1n) is 10.5. The smallest absolute Gasteiger partial charge is 0.328 e. The predicted molar refractivity (Wildman–Crippen MR) is 115 cm³/mol. The fourth-order valence-electron chi connectivity index (χ4n) is 2.75. The second-order valence-corrected chi connectivity index (χ2v) is 7.58. The van der Waals surface area contributed by atoms with Gasteiger partial charge < -0.3 is 43.4 Å². The number of amides is 4. The van der Waals surface area contributed by atoms with E-state index in [0.29, 0.717) is 25.8 Å². The van der Waals surface area contributed by atoms with Crippen LogP contribution in [0.2, 0.25) is 0 Å². The maximum absolute atomic E-state index is 12.9. The van der Waals surface area contributed by atoms with E-state index in [9.17, 15) is 24.0 Å². The van der Waals surface area contributed by atoms with E-state index in [1.807, 2.05) is 0 Å². The summed E-state index contributed by atoms with van der Waals surface area (Å²) in [7, 11) is 0. The van der Waals surface area contributed by atoms with E-state index in [1.54, 1.807) is 13.8 Å². The molecule has 0 aromatic heterocycles. The number of rotatable bonds is 16. The van der Waals surface area contributed by atoms with Gasteiger partial charge in [-0.3, -0.25) is 19.2 Å². The SMILES string of the molecule is CCC(C)C(NC(=O)C(CCCCN)NC(=O)C(N)CC(N)=O)C(=O)NC(CO)C(=O)O. The summed E-state index contributed by atoms with van der Waals surface area (Å²) in [5, 5.41) is 25.4. The van der Waals surface area contributed by atoms with Crippen LogP contribution in [-0.2, 0) is 24.0 Å². The van der Waals surface area contributed by atoms with Gasteiger partial charge in [0.2, 0.25) is 23.6 Å². The van der Waals surface area contributed by atoms with Gasteiger partial charge >= 0.3 is 5.97 Å². The zero-order valence-electron chi connectivity index (χ0n) is 18.5. The number of carbonyl (C=O) groups is 5. The third-order valence-electron chi connectivity index (χ3n) is 4.93. The molecule has 0 radical (unpaired) electrons. The van der Waals surface area contributed by atoms with E-state index >= 15 is 0 Å². The summed E-state index contributed by atoms with van der Waals surface area (Å²) in [6.45, 7) is 3.02. The highest BCUT2D eigenvalue weighted by Gasteiger charge is 2.32. The molecule has 5 atom stereocenters. The Labute approximate surface area is 186 Å². The number of aliphatic hydroxyl groups excluding tert-OH is 1. The molecule has 0 aromatic carbocycles. The molecule has 184 valence electrons. The van der Waals surface area contributed by atoms with Crippen molar-refractivity contribution in [3.8, 4) is 0 Å². The summed E-state index contributed by atoms with van der Waals surface area (Å²) in [5.74, 6) is -4.81. The molecule has 11 N–H and O–H groups in total. The monoisotopic (exact) mass is 460 g/mol. The quantitative estimate of drug-likeness (QED) is 0.109. The number of hydrogen-bond donors (Lipinski definition) is 8. The third kappa shape index (κ3) is 10.5. The minimum absolute atomic E-state index is 0.196. The molecule has 0 heterocycles. The van der Waals surface area contributed by atoms with Gasteiger partial charge in [0.1, 0.15) is 18.1 Å². The molecule has 13 nitrogen and oxygen atoms in total. The Bertz CT molecular complexity index is 660. The maximum Gasteiger partial charge on any atom is 0.328 e. The van der Waals surface area contributed by atoms with E-state index in [4.69, 9.17) is 27.4 Å². The summed E-state index contributed by atoms with van der Waals surface area (Å²) >= 11 is 0. The molecule has 32 heavy (non-hydrogen) atoms. The van der Waals surface area contributed by atoms with Crippen molar-refractivity contribution < 1.29 is 34.2 Å². The molecule has 13 heteroatoms. The molecule has 0 bridgehead atoms. The summed E-state index contributed by atoms with van der Waals surface area (Å²) in [5.41, 5.74) is 16.2. The first-order valence-corrected chi connectivity index (χ1v) is 10.5. The number of unbranched alkanes of at least 4 members (excludes halogenated alkanes) is 1.